The third-order valence-corrected chi connectivity index (χ3v) is 2.45. The number of hydrogen-bond acceptors (Lipinski definition) is 1. The molecule has 0 fully saturated rings. The first kappa shape index (κ1) is 8.23. The second-order valence-corrected chi connectivity index (χ2v) is 3.38. The van der Waals surface area contributed by atoms with Gasteiger partial charge in [-0.1, -0.05) is 0 Å². The lowest BCUT2D eigenvalue weighted by Crippen LogP contribution is -2.09. The molecule has 1 aromatic carbocycles. The molecule has 3 nitrogen and oxygen atoms in total. The molecule has 0 saturated carbocycles. The Balaban J connectivity index is 2.66. The van der Waals surface area contributed by atoms with Crippen molar-refractivity contribution in [2.45, 2.75) is 0 Å². The van der Waals surface area contributed by atoms with Crippen LogP contribution in [0.4, 0.5) is 4.39 Å². The molecule has 3 aromatic rings. The highest BCUT2D eigenvalue weighted by atomic mass is 19.1. The summed E-state index contributed by atoms with van der Waals surface area (Å²) in [6, 6.07) is 7.85. The van der Waals surface area contributed by atoms with Crippen LogP contribution in [0.2, 0.25) is 0 Å². The Morgan fingerprint density at radius 3 is 2.93 bits per heavy atom. The molecule has 0 amide bonds. The maximum Gasteiger partial charge on any atom is 0.272 e. The largest absolute Gasteiger partial charge is 0.319 e. The number of fused-ring (bicyclic) bond motifs is 3. The van der Waals surface area contributed by atoms with Crippen molar-refractivity contribution in [3.05, 3.63) is 52.7 Å². The molecular weight excluding hydrogens is 195 g/mol. The Bertz CT molecular complexity index is 711. The van der Waals surface area contributed by atoms with Gasteiger partial charge in [-0.15, -0.1) is 0 Å². The molecule has 2 heterocycles. The van der Waals surface area contributed by atoms with E-state index in [0.717, 1.165) is 5.52 Å². The van der Waals surface area contributed by atoms with Crippen molar-refractivity contribution in [2.75, 3.05) is 0 Å². The molecule has 74 valence electrons. The first-order valence-corrected chi connectivity index (χ1v) is 4.54. The Morgan fingerprint density at radius 2 is 2.07 bits per heavy atom. The molecule has 0 aliphatic rings. The number of benzene rings is 1. The lowest BCUT2D eigenvalue weighted by atomic mass is 10.3. The smallest absolute Gasteiger partial charge is 0.272 e. The molecule has 2 aromatic heterocycles. The van der Waals surface area contributed by atoms with Crippen LogP contribution in [-0.4, -0.2) is 9.38 Å². The van der Waals surface area contributed by atoms with Gasteiger partial charge in [0, 0.05) is 6.20 Å². The molecule has 0 saturated heterocycles. The second kappa shape index (κ2) is 2.70. The fourth-order valence-electron chi connectivity index (χ4n) is 1.78. The van der Waals surface area contributed by atoms with E-state index in [-0.39, 0.29) is 11.4 Å². The van der Waals surface area contributed by atoms with Crippen molar-refractivity contribution in [3.8, 4) is 0 Å². The number of aromatic nitrogens is 2. The van der Waals surface area contributed by atoms with Gasteiger partial charge in [-0.3, -0.25) is 4.79 Å². The van der Waals surface area contributed by atoms with Crippen molar-refractivity contribution >= 4 is 16.6 Å². The minimum Gasteiger partial charge on any atom is -0.319 e. The van der Waals surface area contributed by atoms with Crippen molar-refractivity contribution < 1.29 is 4.39 Å². The van der Waals surface area contributed by atoms with Crippen LogP contribution >= 0.6 is 0 Å². The Labute approximate surface area is 83.8 Å². The van der Waals surface area contributed by atoms with Crippen LogP contribution in [-0.2, 0) is 0 Å². The molecule has 0 aliphatic heterocycles. The van der Waals surface area contributed by atoms with Crippen molar-refractivity contribution in [1.82, 2.24) is 9.38 Å². The molecule has 0 radical (unpaired) electrons. The van der Waals surface area contributed by atoms with E-state index in [1.807, 2.05) is 0 Å². The molecule has 0 atom stereocenters. The van der Waals surface area contributed by atoms with E-state index in [1.54, 1.807) is 28.8 Å². The van der Waals surface area contributed by atoms with Crippen LogP contribution in [0.25, 0.3) is 16.6 Å². The summed E-state index contributed by atoms with van der Waals surface area (Å²) in [5.41, 5.74) is 1.65. The van der Waals surface area contributed by atoms with E-state index in [4.69, 9.17) is 0 Å². The van der Waals surface area contributed by atoms with E-state index < -0.39 is 0 Å². The number of H-pyrrole nitrogens is 1. The van der Waals surface area contributed by atoms with Gasteiger partial charge in [-0.2, -0.15) is 0 Å². The minimum absolute atomic E-state index is 0.210. The standard InChI is InChI=1S/C11H7FN2O/c12-7-3-4-9-8(6-7)13-11(15)10-2-1-5-14(9)10/h1-6H,(H,13,15). The lowest BCUT2D eigenvalue weighted by Gasteiger charge is -2.01. The van der Waals surface area contributed by atoms with E-state index in [1.165, 1.54) is 12.1 Å². The summed E-state index contributed by atoms with van der Waals surface area (Å²) in [6.07, 6.45) is 1.78. The number of hydrogen-bond donors (Lipinski definition) is 1. The molecule has 15 heavy (non-hydrogen) atoms. The maximum atomic E-state index is 13.0. The fourth-order valence-corrected chi connectivity index (χ4v) is 1.78. The van der Waals surface area contributed by atoms with Crippen LogP contribution in [0.15, 0.2) is 41.3 Å². The maximum absolute atomic E-state index is 13.0. The number of rotatable bonds is 0. The van der Waals surface area contributed by atoms with Crippen molar-refractivity contribution in [1.29, 1.82) is 0 Å². The highest BCUT2D eigenvalue weighted by molar-refractivity contribution is 5.78. The first-order valence-electron chi connectivity index (χ1n) is 4.54. The fraction of sp³-hybridized carbons (Fsp3) is 0. The van der Waals surface area contributed by atoms with E-state index >= 15 is 0 Å². The van der Waals surface area contributed by atoms with Crippen LogP contribution in [0.3, 0.4) is 0 Å². The minimum atomic E-state index is -0.357. The average molecular weight is 202 g/mol. The van der Waals surface area contributed by atoms with Gasteiger partial charge in [0.2, 0.25) is 0 Å². The summed E-state index contributed by atoms with van der Waals surface area (Å²) < 4.78 is 14.7. The Morgan fingerprint density at radius 1 is 1.20 bits per heavy atom. The SMILES string of the molecule is O=c1[nH]c2cc(F)ccc2n2cccc12. The quantitative estimate of drug-likeness (QED) is 0.594. The summed E-state index contributed by atoms with van der Waals surface area (Å²) in [6.45, 7) is 0. The van der Waals surface area contributed by atoms with E-state index in [2.05, 4.69) is 4.98 Å². The molecule has 4 heteroatoms. The predicted octanol–water partition coefficient (Wildman–Crippen LogP) is 1.92. The molecule has 3 rings (SSSR count). The van der Waals surface area contributed by atoms with Gasteiger partial charge in [0.05, 0.1) is 11.0 Å². The van der Waals surface area contributed by atoms with Gasteiger partial charge in [-0.05, 0) is 30.3 Å². The van der Waals surface area contributed by atoms with Crippen LogP contribution in [0, 0.1) is 5.82 Å². The molecule has 0 unspecified atom stereocenters. The zero-order valence-electron chi connectivity index (χ0n) is 7.70. The lowest BCUT2D eigenvalue weighted by molar-refractivity contribution is 0.629. The zero-order chi connectivity index (χ0) is 10.4. The van der Waals surface area contributed by atoms with Gasteiger partial charge in [0.15, 0.2) is 0 Å². The highest BCUT2D eigenvalue weighted by Crippen LogP contribution is 2.13. The number of halogens is 1. The van der Waals surface area contributed by atoms with Crippen molar-refractivity contribution in [3.63, 3.8) is 0 Å². The predicted molar refractivity (Wildman–Crippen MR) is 55.5 cm³/mol. The average Bonchev–Trinajstić information content (AvgIpc) is 2.66. The second-order valence-electron chi connectivity index (χ2n) is 3.38. The summed E-state index contributed by atoms with van der Waals surface area (Å²) in [5, 5.41) is 0. The van der Waals surface area contributed by atoms with Crippen LogP contribution in [0.5, 0.6) is 0 Å². The van der Waals surface area contributed by atoms with Gasteiger partial charge < -0.3 is 9.38 Å². The number of aromatic amines is 1. The molecule has 0 spiro atoms. The normalized spacial score (nSPS) is 11.3. The number of nitrogens with zero attached hydrogens (tertiary/aromatic N) is 1. The number of nitrogens with one attached hydrogen (secondary N) is 1. The Hall–Kier alpha value is -2.10. The molecule has 1 N–H and O–H groups in total. The molecular formula is C11H7FN2O. The first-order chi connectivity index (χ1) is 7.25. The van der Waals surface area contributed by atoms with E-state index in [0.29, 0.717) is 11.0 Å². The summed E-state index contributed by atoms with van der Waals surface area (Å²) in [4.78, 5) is 14.2. The van der Waals surface area contributed by atoms with Gasteiger partial charge in [0.1, 0.15) is 11.3 Å². The summed E-state index contributed by atoms with van der Waals surface area (Å²) >= 11 is 0. The molecule has 0 bridgehead atoms. The van der Waals surface area contributed by atoms with Gasteiger partial charge in [0.25, 0.3) is 5.56 Å². The molecule has 0 aliphatic carbocycles. The van der Waals surface area contributed by atoms with Crippen LogP contribution < -0.4 is 5.56 Å². The van der Waals surface area contributed by atoms with E-state index in [9.17, 15) is 9.18 Å². The zero-order valence-corrected chi connectivity index (χ0v) is 7.70. The topological polar surface area (TPSA) is 37.3 Å². The van der Waals surface area contributed by atoms with Gasteiger partial charge >= 0.3 is 0 Å². The third kappa shape index (κ3) is 1.08. The monoisotopic (exact) mass is 202 g/mol. The Kier molecular flexibility index (Phi) is 1.48. The third-order valence-electron chi connectivity index (χ3n) is 2.45. The van der Waals surface area contributed by atoms with Crippen molar-refractivity contribution in [2.24, 2.45) is 0 Å². The highest BCUT2D eigenvalue weighted by Gasteiger charge is 2.04. The summed E-state index contributed by atoms with van der Waals surface area (Å²) in [7, 11) is 0. The van der Waals surface area contributed by atoms with Crippen LogP contribution in [0.1, 0.15) is 0 Å². The summed E-state index contributed by atoms with van der Waals surface area (Å²) in [5.74, 6) is -0.357. The van der Waals surface area contributed by atoms with Gasteiger partial charge in [-0.25, -0.2) is 4.39 Å².